The monoisotopic (exact) mass is 327 g/mol. The number of carbonyl (C=O) groups is 1. The van der Waals surface area contributed by atoms with Crippen molar-refractivity contribution in [1.29, 1.82) is 0 Å². The van der Waals surface area contributed by atoms with Crippen LogP contribution in [0.25, 0.3) is 11.1 Å². The average molecular weight is 327 g/mol. The quantitative estimate of drug-likeness (QED) is 0.840. The number of carbonyl (C=O) groups excluding carboxylic acids is 1. The minimum atomic E-state index is -0.231. The molecule has 0 aliphatic carbocycles. The van der Waals surface area contributed by atoms with Gasteiger partial charge >= 0.3 is 0 Å². The number of rotatable bonds is 5. The SMILES string of the molecule is CNC(CC(C)=O)c1cc(-c2c(C)cc(C)cc2C)cc(F)c1C. The molecule has 0 saturated carbocycles. The minimum Gasteiger partial charge on any atom is -0.313 e. The fraction of sp³-hybridized carbons (Fsp3) is 0.381. The van der Waals surface area contributed by atoms with Crippen molar-refractivity contribution in [2.75, 3.05) is 7.05 Å². The van der Waals surface area contributed by atoms with Gasteiger partial charge in [0.1, 0.15) is 11.6 Å². The van der Waals surface area contributed by atoms with E-state index in [1.165, 1.54) is 5.56 Å². The normalized spacial score (nSPS) is 12.3. The van der Waals surface area contributed by atoms with Crippen molar-refractivity contribution in [1.82, 2.24) is 5.32 Å². The highest BCUT2D eigenvalue weighted by molar-refractivity contribution is 5.77. The van der Waals surface area contributed by atoms with Gasteiger partial charge in [0, 0.05) is 12.5 Å². The molecule has 2 nitrogen and oxygen atoms in total. The average Bonchev–Trinajstić information content (AvgIpc) is 2.47. The topological polar surface area (TPSA) is 29.1 Å². The third kappa shape index (κ3) is 3.73. The molecule has 0 aliphatic heterocycles. The van der Waals surface area contributed by atoms with Crippen LogP contribution >= 0.6 is 0 Å². The van der Waals surface area contributed by atoms with Crippen LogP contribution in [0.4, 0.5) is 4.39 Å². The van der Waals surface area contributed by atoms with E-state index in [1.807, 2.05) is 6.07 Å². The molecule has 24 heavy (non-hydrogen) atoms. The molecule has 0 bridgehead atoms. The fourth-order valence-corrected chi connectivity index (χ4v) is 3.50. The zero-order chi connectivity index (χ0) is 18.0. The summed E-state index contributed by atoms with van der Waals surface area (Å²) in [5.41, 5.74) is 6.85. The number of benzene rings is 2. The molecule has 0 spiro atoms. The Balaban J connectivity index is 2.64. The van der Waals surface area contributed by atoms with Crippen molar-refractivity contribution in [3.8, 4) is 11.1 Å². The van der Waals surface area contributed by atoms with Gasteiger partial charge in [0.2, 0.25) is 0 Å². The molecular weight excluding hydrogens is 301 g/mol. The molecular formula is C21H26FNO. The molecule has 0 fully saturated rings. The maximum absolute atomic E-state index is 14.6. The van der Waals surface area contributed by atoms with Crippen LogP contribution in [-0.2, 0) is 4.79 Å². The molecule has 0 amide bonds. The zero-order valence-electron chi connectivity index (χ0n) is 15.4. The Morgan fingerprint density at radius 2 is 1.67 bits per heavy atom. The van der Waals surface area contributed by atoms with Gasteiger partial charge in [0.15, 0.2) is 0 Å². The maximum Gasteiger partial charge on any atom is 0.131 e. The maximum atomic E-state index is 14.6. The predicted octanol–water partition coefficient (Wildman–Crippen LogP) is 4.97. The minimum absolute atomic E-state index is 0.0854. The van der Waals surface area contributed by atoms with Crippen LogP contribution in [0.1, 0.15) is 47.2 Å². The van der Waals surface area contributed by atoms with E-state index in [4.69, 9.17) is 0 Å². The lowest BCUT2D eigenvalue weighted by Gasteiger charge is -2.21. The molecule has 2 aromatic carbocycles. The van der Waals surface area contributed by atoms with Crippen molar-refractivity contribution < 1.29 is 9.18 Å². The molecule has 3 heteroatoms. The van der Waals surface area contributed by atoms with E-state index >= 15 is 0 Å². The van der Waals surface area contributed by atoms with Crippen molar-refractivity contribution in [3.63, 3.8) is 0 Å². The van der Waals surface area contributed by atoms with Crippen LogP contribution in [0.3, 0.4) is 0 Å². The molecule has 0 radical (unpaired) electrons. The van der Waals surface area contributed by atoms with E-state index in [-0.39, 0.29) is 17.6 Å². The number of nitrogens with one attached hydrogen (secondary N) is 1. The second-order valence-electron chi connectivity index (χ2n) is 6.69. The lowest BCUT2D eigenvalue weighted by atomic mass is 9.89. The van der Waals surface area contributed by atoms with Crippen molar-refractivity contribution in [3.05, 3.63) is 57.9 Å². The third-order valence-electron chi connectivity index (χ3n) is 4.57. The standard InChI is InChI=1S/C21H26FNO/c1-12-7-13(2)21(14(3)8-12)17-10-18(16(5)19(22)11-17)20(23-6)9-15(4)24/h7-8,10-11,20,23H,9H2,1-6H3. The van der Waals surface area contributed by atoms with E-state index in [2.05, 4.69) is 38.2 Å². The predicted molar refractivity (Wildman–Crippen MR) is 97.9 cm³/mol. The molecule has 1 unspecified atom stereocenters. The molecule has 1 N–H and O–H groups in total. The molecule has 1 atom stereocenters. The Morgan fingerprint density at radius 1 is 1.08 bits per heavy atom. The first-order chi connectivity index (χ1) is 11.2. The van der Waals surface area contributed by atoms with E-state index in [0.29, 0.717) is 12.0 Å². The Hall–Kier alpha value is -2.00. The summed E-state index contributed by atoms with van der Waals surface area (Å²) < 4.78 is 14.6. The van der Waals surface area contributed by atoms with Crippen LogP contribution in [0, 0.1) is 33.5 Å². The van der Waals surface area contributed by atoms with Gasteiger partial charge in [-0.1, -0.05) is 17.7 Å². The Morgan fingerprint density at radius 3 is 2.17 bits per heavy atom. The summed E-state index contributed by atoms with van der Waals surface area (Å²) in [6.45, 7) is 9.51. The highest BCUT2D eigenvalue weighted by Gasteiger charge is 2.19. The summed E-state index contributed by atoms with van der Waals surface area (Å²) in [4.78, 5) is 11.5. The van der Waals surface area contributed by atoms with Gasteiger partial charge < -0.3 is 5.32 Å². The van der Waals surface area contributed by atoms with Gasteiger partial charge in [-0.05, 0) is 87.2 Å². The summed E-state index contributed by atoms with van der Waals surface area (Å²) in [5, 5.41) is 3.15. The van der Waals surface area contributed by atoms with Gasteiger partial charge in [0.25, 0.3) is 0 Å². The third-order valence-corrected chi connectivity index (χ3v) is 4.57. The van der Waals surface area contributed by atoms with Gasteiger partial charge in [0.05, 0.1) is 0 Å². The molecule has 2 aromatic rings. The van der Waals surface area contributed by atoms with Gasteiger partial charge in [-0.2, -0.15) is 0 Å². The zero-order valence-corrected chi connectivity index (χ0v) is 15.4. The molecule has 0 saturated heterocycles. The van der Waals surface area contributed by atoms with E-state index in [9.17, 15) is 9.18 Å². The van der Waals surface area contributed by atoms with Crippen molar-refractivity contribution in [2.24, 2.45) is 0 Å². The fourth-order valence-electron chi connectivity index (χ4n) is 3.50. The molecule has 2 rings (SSSR count). The van der Waals surface area contributed by atoms with Crippen LogP contribution < -0.4 is 5.32 Å². The van der Waals surface area contributed by atoms with Gasteiger partial charge in [-0.3, -0.25) is 4.79 Å². The number of Topliss-reactive ketones (excluding diaryl/α,β-unsaturated/α-hetero) is 1. The number of halogens is 1. The smallest absolute Gasteiger partial charge is 0.131 e. The van der Waals surface area contributed by atoms with E-state index in [0.717, 1.165) is 27.8 Å². The van der Waals surface area contributed by atoms with Gasteiger partial charge in [-0.15, -0.1) is 0 Å². The number of hydrogen-bond donors (Lipinski definition) is 1. The van der Waals surface area contributed by atoms with Crippen LogP contribution in [0.2, 0.25) is 0 Å². The summed E-state index contributed by atoms with van der Waals surface area (Å²) in [6.07, 6.45) is 0.353. The molecule has 128 valence electrons. The Kier molecular flexibility index (Phi) is 5.55. The summed E-state index contributed by atoms with van der Waals surface area (Å²) in [7, 11) is 1.81. The van der Waals surface area contributed by atoms with Crippen LogP contribution in [0.5, 0.6) is 0 Å². The molecule has 0 aromatic heterocycles. The first-order valence-electron chi connectivity index (χ1n) is 8.29. The second-order valence-corrected chi connectivity index (χ2v) is 6.69. The Bertz CT molecular complexity index is 757. The second kappa shape index (κ2) is 7.27. The van der Waals surface area contributed by atoms with Gasteiger partial charge in [-0.25, -0.2) is 4.39 Å². The number of aryl methyl sites for hydroxylation is 3. The highest BCUT2D eigenvalue weighted by Crippen LogP contribution is 2.33. The lowest BCUT2D eigenvalue weighted by molar-refractivity contribution is -0.117. The summed E-state index contributed by atoms with van der Waals surface area (Å²) >= 11 is 0. The molecule has 0 aliphatic rings. The summed E-state index contributed by atoms with van der Waals surface area (Å²) in [6, 6.07) is 7.68. The largest absolute Gasteiger partial charge is 0.313 e. The van der Waals surface area contributed by atoms with Crippen LogP contribution in [-0.4, -0.2) is 12.8 Å². The Labute approximate surface area is 144 Å². The lowest BCUT2D eigenvalue weighted by Crippen LogP contribution is -2.20. The number of hydrogen-bond acceptors (Lipinski definition) is 2. The van der Waals surface area contributed by atoms with E-state index < -0.39 is 0 Å². The molecule has 0 heterocycles. The number of ketones is 1. The van der Waals surface area contributed by atoms with Crippen molar-refractivity contribution in [2.45, 2.75) is 47.1 Å². The summed E-state index contributed by atoms with van der Waals surface area (Å²) in [5.74, 6) is -0.145. The highest BCUT2D eigenvalue weighted by atomic mass is 19.1. The first kappa shape index (κ1) is 18.3. The van der Waals surface area contributed by atoms with Crippen molar-refractivity contribution >= 4 is 5.78 Å². The first-order valence-corrected chi connectivity index (χ1v) is 8.29. The van der Waals surface area contributed by atoms with E-state index in [1.54, 1.807) is 27.0 Å². The van der Waals surface area contributed by atoms with Crippen LogP contribution in [0.15, 0.2) is 24.3 Å².